The summed E-state index contributed by atoms with van der Waals surface area (Å²) in [5, 5.41) is 12.2. The molecule has 2 rings (SSSR count). The zero-order valence-electron chi connectivity index (χ0n) is 9.96. The molecule has 0 heterocycles. The number of fused-ring (bicyclic) bond motifs is 1. The van der Waals surface area contributed by atoms with Crippen molar-refractivity contribution < 1.29 is 14.7 Å². The number of rotatable bonds is 2. The topological polar surface area (TPSA) is 58.9 Å². The van der Waals surface area contributed by atoms with Crippen LogP contribution in [0, 0.1) is 0 Å². The van der Waals surface area contributed by atoms with Crippen LogP contribution in [0.15, 0.2) is 41.6 Å². The molecule has 4 heteroatoms. The number of hydrogen-bond donors (Lipinski definition) is 1. The van der Waals surface area contributed by atoms with E-state index in [1.165, 1.54) is 6.08 Å². The molecule has 92 valence electrons. The lowest BCUT2D eigenvalue weighted by atomic mass is 9.91. The lowest BCUT2D eigenvalue weighted by Gasteiger charge is -2.14. The number of benzene rings is 1. The Kier molecular flexibility index (Phi) is 3.57. The Morgan fingerprint density at radius 2 is 2.17 bits per heavy atom. The molecule has 0 amide bonds. The summed E-state index contributed by atoms with van der Waals surface area (Å²) >= 11 is 0. The number of carbonyl (C=O) groups excluding carboxylic acids is 1. The van der Waals surface area contributed by atoms with Gasteiger partial charge in [0.25, 0.3) is 0 Å². The Morgan fingerprint density at radius 3 is 2.89 bits per heavy atom. The minimum absolute atomic E-state index is 0.311. The molecular weight excluding hydrogens is 230 g/mol. The number of ether oxygens (including phenoxy) is 1. The van der Waals surface area contributed by atoms with Crippen molar-refractivity contribution >= 4 is 23.3 Å². The van der Waals surface area contributed by atoms with Gasteiger partial charge < -0.3 is 9.94 Å². The highest BCUT2D eigenvalue weighted by molar-refractivity contribution is 6.34. The van der Waals surface area contributed by atoms with E-state index in [0.29, 0.717) is 17.9 Å². The minimum atomic E-state index is -0.446. The first kappa shape index (κ1) is 12.1. The summed E-state index contributed by atoms with van der Waals surface area (Å²) in [5.74, 6) is -0.446. The van der Waals surface area contributed by atoms with Gasteiger partial charge in [-0.1, -0.05) is 35.5 Å². The number of hydrogen-bond acceptors (Lipinski definition) is 4. The second-order valence-electron chi connectivity index (χ2n) is 3.72. The van der Waals surface area contributed by atoms with Crippen molar-refractivity contribution in [1.82, 2.24) is 0 Å². The Balaban J connectivity index is 2.48. The van der Waals surface area contributed by atoms with Gasteiger partial charge in [-0.25, -0.2) is 4.79 Å². The molecule has 1 aliphatic rings. The molecule has 1 aromatic rings. The summed E-state index contributed by atoms with van der Waals surface area (Å²) in [5.41, 5.74) is 2.73. The average Bonchev–Trinajstić information content (AvgIpc) is 2.39. The molecule has 0 saturated heterocycles. The lowest BCUT2D eigenvalue weighted by molar-refractivity contribution is -0.137. The predicted molar refractivity (Wildman–Crippen MR) is 69.3 cm³/mol. The van der Waals surface area contributed by atoms with E-state index in [2.05, 4.69) is 5.16 Å². The first-order valence-electron chi connectivity index (χ1n) is 5.64. The van der Waals surface area contributed by atoms with E-state index in [4.69, 9.17) is 9.94 Å². The van der Waals surface area contributed by atoms with Crippen LogP contribution in [0.3, 0.4) is 0 Å². The Bertz CT molecular complexity index is 556. The second-order valence-corrected chi connectivity index (χ2v) is 3.72. The highest BCUT2D eigenvalue weighted by Crippen LogP contribution is 2.27. The first-order chi connectivity index (χ1) is 8.76. The maximum atomic E-state index is 11.5. The van der Waals surface area contributed by atoms with Crippen molar-refractivity contribution in [2.75, 3.05) is 6.61 Å². The van der Waals surface area contributed by atoms with Gasteiger partial charge in [-0.15, -0.1) is 0 Å². The molecule has 0 bridgehead atoms. The van der Waals surface area contributed by atoms with Crippen molar-refractivity contribution in [3.05, 3.63) is 47.5 Å². The smallest absolute Gasteiger partial charge is 0.331 e. The maximum absolute atomic E-state index is 11.5. The van der Waals surface area contributed by atoms with Gasteiger partial charge in [0.1, 0.15) is 5.71 Å². The molecule has 4 nitrogen and oxygen atoms in total. The number of carbonyl (C=O) groups is 1. The number of allylic oxidation sites excluding steroid dienone is 2. The quantitative estimate of drug-likeness (QED) is 0.376. The number of oxime groups is 1. The molecule has 0 atom stereocenters. The highest BCUT2D eigenvalue weighted by Gasteiger charge is 2.17. The van der Waals surface area contributed by atoms with E-state index in [1.54, 1.807) is 13.0 Å². The number of nitrogens with zero attached hydrogens (tertiary/aromatic N) is 1. The number of esters is 1. The van der Waals surface area contributed by atoms with E-state index in [-0.39, 0.29) is 0 Å². The van der Waals surface area contributed by atoms with E-state index in [1.807, 2.05) is 30.3 Å². The summed E-state index contributed by atoms with van der Waals surface area (Å²) in [6.07, 6.45) is 4.85. The van der Waals surface area contributed by atoms with Gasteiger partial charge >= 0.3 is 5.97 Å². The van der Waals surface area contributed by atoms with Gasteiger partial charge in [-0.3, -0.25) is 0 Å². The summed E-state index contributed by atoms with van der Waals surface area (Å²) in [6.45, 7) is 2.05. The molecule has 0 spiro atoms. The van der Waals surface area contributed by atoms with Crippen LogP contribution in [0.1, 0.15) is 18.1 Å². The SMILES string of the molecule is CCOC(=O)/C=C1/C(=N/O)C=Cc2ccccc21. The zero-order chi connectivity index (χ0) is 13.0. The fraction of sp³-hybridized carbons (Fsp3) is 0.143. The molecule has 18 heavy (non-hydrogen) atoms. The van der Waals surface area contributed by atoms with Gasteiger partial charge in [-0.2, -0.15) is 0 Å². The molecule has 0 aromatic heterocycles. The van der Waals surface area contributed by atoms with Crippen LogP contribution >= 0.6 is 0 Å². The largest absolute Gasteiger partial charge is 0.463 e. The molecule has 0 aliphatic heterocycles. The highest BCUT2D eigenvalue weighted by atomic mass is 16.5. The molecule has 0 radical (unpaired) electrons. The van der Waals surface area contributed by atoms with Crippen LogP contribution < -0.4 is 0 Å². The summed E-state index contributed by atoms with van der Waals surface area (Å²) in [4.78, 5) is 11.5. The van der Waals surface area contributed by atoms with Crippen molar-refractivity contribution in [3.63, 3.8) is 0 Å². The monoisotopic (exact) mass is 243 g/mol. The van der Waals surface area contributed by atoms with Crippen LogP contribution in [0.4, 0.5) is 0 Å². The Morgan fingerprint density at radius 1 is 1.39 bits per heavy atom. The van der Waals surface area contributed by atoms with E-state index in [9.17, 15) is 4.79 Å². The van der Waals surface area contributed by atoms with Crippen molar-refractivity contribution in [1.29, 1.82) is 0 Å². The van der Waals surface area contributed by atoms with Gasteiger partial charge in [0.05, 0.1) is 6.61 Å². The molecule has 1 N–H and O–H groups in total. The molecular formula is C14H13NO3. The zero-order valence-corrected chi connectivity index (χ0v) is 9.96. The lowest BCUT2D eigenvalue weighted by Crippen LogP contribution is -2.09. The third-order valence-electron chi connectivity index (χ3n) is 2.60. The Labute approximate surface area is 105 Å². The average molecular weight is 243 g/mol. The van der Waals surface area contributed by atoms with Gasteiger partial charge in [-0.05, 0) is 24.1 Å². The molecule has 0 fully saturated rings. The van der Waals surface area contributed by atoms with Gasteiger partial charge in [0.15, 0.2) is 0 Å². The standard InChI is InChI=1S/C14H13NO3/c1-2-18-14(16)9-12-11-6-4-3-5-10(11)7-8-13(12)15-17/h3-9,17H,2H2,1H3/b12-9+,15-13+. The third kappa shape index (κ3) is 2.32. The van der Waals surface area contributed by atoms with Crippen molar-refractivity contribution in [2.45, 2.75) is 6.92 Å². The van der Waals surface area contributed by atoms with Crippen molar-refractivity contribution in [3.8, 4) is 0 Å². The second kappa shape index (κ2) is 5.31. The fourth-order valence-electron chi connectivity index (χ4n) is 1.82. The van der Waals surface area contributed by atoms with Crippen LogP contribution in [-0.4, -0.2) is 23.5 Å². The van der Waals surface area contributed by atoms with E-state index in [0.717, 1.165) is 11.1 Å². The van der Waals surface area contributed by atoms with Crippen LogP contribution in [0.2, 0.25) is 0 Å². The van der Waals surface area contributed by atoms with Crippen LogP contribution in [0.5, 0.6) is 0 Å². The minimum Gasteiger partial charge on any atom is -0.463 e. The molecule has 1 aliphatic carbocycles. The van der Waals surface area contributed by atoms with Crippen LogP contribution in [0.25, 0.3) is 11.6 Å². The summed E-state index contributed by atoms with van der Waals surface area (Å²) in [6, 6.07) is 7.58. The van der Waals surface area contributed by atoms with Crippen molar-refractivity contribution in [2.24, 2.45) is 5.16 Å². The van der Waals surface area contributed by atoms with E-state index < -0.39 is 5.97 Å². The van der Waals surface area contributed by atoms with Gasteiger partial charge in [0, 0.05) is 11.6 Å². The Hall–Kier alpha value is -2.36. The molecule has 0 saturated carbocycles. The summed E-state index contributed by atoms with van der Waals surface area (Å²) in [7, 11) is 0. The van der Waals surface area contributed by atoms with Crippen LogP contribution in [-0.2, 0) is 9.53 Å². The summed E-state index contributed by atoms with van der Waals surface area (Å²) < 4.78 is 4.88. The molecule has 1 aromatic carbocycles. The van der Waals surface area contributed by atoms with Gasteiger partial charge in [0.2, 0.25) is 0 Å². The third-order valence-corrected chi connectivity index (χ3v) is 2.60. The predicted octanol–water partition coefficient (Wildman–Crippen LogP) is 2.49. The first-order valence-corrected chi connectivity index (χ1v) is 5.64. The molecule has 0 unspecified atom stereocenters. The maximum Gasteiger partial charge on any atom is 0.331 e. The van der Waals surface area contributed by atoms with E-state index >= 15 is 0 Å². The normalized spacial score (nSPS) is 17.8. The fourth-order valence-corrected chi connectivity index (χ4v) is 1.82.